The molecule has 1 aromatic carbocycles. The Morgan fingerprint density at radius 2 is 1.96 bits per heavy atom. The summed E-state index contributed by atoms with van der Waals surface area (Å²) in [4.78, 5) is 2.02. The molecule has 1 aromatic rings. The summed E-state index contributed by atoms with van der Waals surface area (Å²) in [5.41, 5.74) is 0.169. The lowest BCUT2D eigenvalue weighted by atomic mass is 9.98. The predicted molar refractivity (Wildman–Crippen MR) is 76.6 cm³/mol. The second-order valence-corrected chi connectivity index (χ2v) is 5.40. The highest BCUT2D eigenvalue weighted by atomic mass is 19.4. The Morgan fingerprint density at radius 3 is 2.57 bits per heavy atom. The molecular weight excluding hydrogens is 316 g/mol. The van der Waals surface area contributed by atoms with E-state index in [4.69, 9.17) is 5.11 Å². The number of halogens is 4. The molecule has 1 saturated heterocycles. The highest BCUT2D eigenvalue weighted by Crippen LogP contribution is 2.32. The molecule has 0 spiro atoms. The van der Waals surface area contributed by atoms with Gasteiger partial charge in [-0.1, -0.05) is 0 Å². The normalized spacial score (nSPS) is 18.0. The third-order valence-corrected chi connectivity index (χ3v) is 3.79. The van der Waals surface area contributed by atoms with Gasteiger partial charge in [-0.25, -0.2) is 4.39 Å². The van der Waals surface area contributed by atoms with Crippen LogP contribution in [0.5, 0.6) is 5.75 Å². The van der Waals surface area contributed by atoms with Crippen LogP contribution >= 0.6 is 0 Å². The first-order chi connectivity index (χ1) is 10.9. The fourth-order valence-corrected chi connectivity index (χ4v) is 2.79. The maximum atomic E-state index is 14.2. The molecule has 1 heterocycles. The van der Waals surface area contributed by atoms with Crippen molar-refractivity contribution in [1.29, 1.82) is 0 Å². The van der Waals surface area contributed by atoms with Crippen LogP contribution in [0, 0.1) is 5.82 Å². The largest absolute Gasteiger partial charge is 0.573 e. The molecule has 4 nitrogen and oxygen atoms in total. The van der Waals surface area contributed by atoms with Gasteiger partial charge in [-0.3, -0.25) is 4.90 Å². The van der Waals surface area contributed by atoms with Crippen LogP contribution in [0.15, 0.2) is 18.2 Å². The zero-order valence-electron chi connectivity index (χ0n) is 12.6. The summed E-state index contributed by atoms with van der Waals surface area (Å²) in [6.07, 6.45) is -3.91. The molecule has 1 aliphatic heterocycles. The van der Waals surface area contributed by atoms with Crippen molar-refractivity contribution in [3.8, 4) is 5.75 Å². The first kappa shape index (κ1) is 18.0. The van der Waals surface area contributed by atoms with Crippen LogP contribution in [-0.4, -0.2) is 49.2 Å². The first-order valence-corrected chi connectivity index (χ1v) is 7.51. The van der Waals surface area contributed by atoms with Gasteiger partial charge in [0.25, 0.3) is 0 Å². The van der Waals surface area contributed by atoms with E-state index in [0.29, 0.717) is 25.9 Å². The molecule has 23 heavy (non-hydrogen) atoms. The Hall–Kier alpha value is -1.38. The lowest BCUT2D eigenvalue weighted by Crippen LogP contribution is -2.45. The van der Waals surface area contributed by atoms with Gasteiger partial charge in [0.15, 0.2) is 0 Å². The number of piperazine rings is 1. The second-order valence-electron chi connectivity index (χ2n) is 5.40. The van der Waals surface area contributed by atoms with Gasteiger partial charge in [0.1, 0.15) is 11.6 Å². The molecule has 1 fully saturated rings. The first-order valence-electron chi connectivity index (χ1n) is 7.51. The monoisotopic (exact) mass is 336 g/mol. The van der Waals surface area contributed by atoms with Crippen molar-refractivity contribution in [1.82, 2.24) is 10.2 Å². The molecule has 2 rings (SSSR count). The van der Waals surface area contributed by atoms with Crippen molar-refractivity contribution in [2.75, 3.05) is 32.8 Å². The van der Waals surface area contributed by atoms with Crippen molar-refractivity contribution >= 4 is 0 Å². The van der Waals surface area contributed by atoms with Gasteiger partial charge in [-0.2, -0.15) is 0 Å². The third-order valence-electron chi connectivity index (χ3n) is 3.79. The maximum absolute atomic E-state index is 14.2. The number of hydrogen-bond donors (Lipinski definition) is 2. The van der Waals surface area contributed by atoms with Crippen LogP contribution in [0.3, 0.4) is 0 Å². The van der Waals surface area contributed by atoms with Gasteiger partial charge in [-0.15, -0.1) is 13.2 Å². The summed E-state index contributed by atoms with van der Waals surface area (Å²) < 4.78 is 55.2. The summed E-state index contributed by atoms with van der Waals surface area (Å²) in [6.45, 7) is 2.74. The van der Waals surface area contributed by atoms with Gasteiger partial charge in [0.05, 0.1) is 0 Å². The number of benzene rings is 1. The smallest absolute Gasteiger partial charge is 0.406 e. The summed E-state index contributed by atoms with van der Waals surface area (Å²) >= 11 is 0. The van der Waals surface area contributed by atoms with E-state index in [1.165, 1.54) is 0 Å². The highest BCUT2D eigenvalue weighted by Gasteiger charge is 2.32. The molecule has 0 saturated carbocycles. The second kappa shape index (κ2) is 7.94. The van der Waals surface area contributed by atoms with Crippen molar-refractivity contribution in [2.45, 2.75) is 25.2 Å². The lowest BCUT2D eigenvalue weighted by Gasteiger charge is -2.35. The van der Waals surface area contributed by atoms with E-state index in [-0.39, 0.29) is 18.2 Å². The van der Waals surface area contributed by atoms with E-state index < -0.39 is 17.9 Å². The van der Waals surface area contributed by atoms with Crippen molar-refractivity contribution < 1.29 is 27.4 Å². The number of aliphatic hydroxyl groups is 1. The van der Waals surface area contributed by atoms with Gasteiger partial charge in [0.2, 0.25) is 0 Å². The van der Waals surface area contributed by atoms with Crippen LogP contribution in [-0.2, 0) is 0 Å². The van der Waals surface area contributed by atoms with Crippen molar-refractivity contribution in [2.24, 2.45) is 0 Å². The molecule has 0 aromatic heterocycles. The summed E-state index contributed by atoms with van der Waals surface area (Å²) in [5.74, 6) is -1.00. The van der Waals surface area contributed by atoms with Crippen LogP contribution in [0.4, 0.5) is 17.6 Å². The number of hydrogen-bond acceptors (Lipinski definition) is 4. The number of alkyl halides is 3. The molecule has 0 amide bonds. The topological polar surface area (TPSA) is 44.7 Å². The van der Waals surface area contributed by atoms with E-state index in [0.717, 1.165) is 31.3 Å². The number of aliphatic hydroxyl groups excluding tert-OH is 1. The number of rotatable bonds is 6. The highest BCUT2D eigenvalue weighted by molar-refractivity contribution is 5.32. The molecule has 1 atom stereocenters. The molecule has 0 unspecified atom stereocenters. The quantitative estimate of drug-likeness (QED) is 0.784. The number of ether oxygens (including phenoxy) is 1. The van der Waals surface area contributed by atoms with E-state index >= 15 is 0 Å². The Labute approximate surface area is 132 Å². The Balaban J connectivity index is 2.26. The molecule has 2 N–H and O–H groups in total. The van der Waals surface area contributed by atoms with E-state index in [1.54, 1.807) is 0 Å². The predicted octanol–water partition coefficient (Wildman–Crippen LogP) is 2.44. The Bertz CT molecular complexity index is 505. The summed E-state index contributed by atoms with van der Waals surface area (Å²) in [7, 11) is 0. The standard InChI is InChI=1S/C15H20F4N2O2/c16-13-4-3-11(23-15(17,18)19)10-12(13)14(2-1-9-22)21-7-5-20-6-8-21/h3-4,10,14,20,22H,1-2,5-9H2/t14-/m1/s1. The minimum absolute atomic E-state index is 0.0526. The molecular formula is C15H20F4N2O2. The minimum atomic E-state index is -4.81. The maximum Gasteiger partial charge on any atom is 0.573 e. The minimum Gasteiger partial charge on any atom is -0.406 e. The van der Waals surface area contributed by atoms with Crippen molar-refractivity contribution in [3.63, 3.8) is 0 Å². The van der Waals surface area contributed by atoms with Gasteiger partial charge >= 0.3 is 6.36 Å². The number of nitrogens with one attached hydrogen (secondary N) is 1. The fraction of sp³-hybridized carbons (Fsp3) is 0.600. The van der Waals surface area contributed by atoms with Crippen LogP contribution < -0.4 is 10.1 Å². The molecule has 1 aliphatic rings. The van der Waals surface area contributed by atoms with Gasteiger partial charge in [-0.05, 0) is 31.0 Å². The SMILES string of the molecule is OCCC[C@H](c1cc(OC(F)(F)F)ccc1F)N1CCNCC1. The third kappa shape index (κ3) is 5.33. The molecule has 0 radical (unpaired) electrons. The zero-order valence-corrected chi connectivity index (χ0v) is 12.6. The fourth-order valence-electron chi connectivity index (χ4n) is 2.79. The zero-order chi connectivity index (χ0) is 16.9. The van der Waals surface area contributed by atoms with Crippen LogP contribution in [0.2, 0.25) is 0 Å². The van der Waals surface area contributed by atoms with Gasteiger partial charge < -0.3 is 15.2 Å². The molecule has 130 valence electrons. The van der Waals surface area contributed by atoms with Crippen molar-refractivity contribution in [3.05, 3.63) is 29.6 Å². The van der Waals surface area contributed by atoms with Gasteiger partial charge in [0, 0.05) is 44.4 Å². The number of nitrogens with zero attached hydrogens (tertiary/aromatic N) is 1. The van der Waals surface area contributed by atoms with E-state index in [1.807, 2.05) is 4.90 Å². The van der Waals surface area contributed by atoms with Crippen LogP contribution in [0.25, 0.3) is 0 Å². The lowest BCUT2D eigenvalue weighted by molar-refractivity contribution is -0.274. The Morgan fingerprint density at radius 1 is 1.26 bits per heavy atom. The van der Waals surface area contributed by atoms with E-state index in [9.17, 15) is 17.6 Å². The van der Waals surface area contributed by atoms with E-state index in [2.05, 4.69) is 10.1 Å². The molecule has 0 bridgehead atoms. The average Bonchev–Trinajstić information content (AvgIpc) is 2.50. The molecule has 8 heteroatoms. The average molecular weight is 336 g/mol. The van der Waals surface area contributed by atoms with Crippen LogP contribution in [0.1, 0.15) is 24.4 Å². The summed E-state index contributed by atoms with van der Waals surface area (Å²) in [6, 6.07) is 2.67. The molecule has 0 aliphatic carbocycles. The summed E-state index contributed by atoms with van der Waals surface area (Å²) in [5, 5.41) is 12.2. The Kier molecular flexibility index (Phi) is 6.20.